The molecule has 1 aromatic rings. The molecule has 0 N–H and O–H groups in total. The number of carbonyl (C=O) groups is 1. The number of aryl methyl sites for hydroxylation is 2. The minimum Gasteiger partial charge on any atom is -0.466 e. The van der Waals surface area contributed by atoms with Crippen LogP contribution in [-0.2, 0) is 4.79 Å². The fourth-order valence-electron chi connectivity index (χ4n) is 2.84. The van der Waals surface area contributed by atoms with E-state index in [1.807, 2.05) is 13.8 Å². The van der Waals surface area contributed by atoms with Crippen LogP contribution in [0.5, 0.6) is 0 Å². The van der Waals surface area contributed by atoms with E-state index in [0.717, 1.165) is 18.1 Å². The van der Waals surface area contributed by atoms with Crippen LogP contribution in [0, 0.1) is 13.8 Å². The van der Waals surface area contributed by atoms with Gasteiger partial charge in [0.05, 0.1) is 0 Å². The normalized spacial score (nSPS) is 24.0. The number of ketones is 1. The number of hydrogen-bond acceptors (Lipinski definition) is 3. The highest BCUT2D eigenvalue weighted by atomic mass is 16.3. The highest BCUT2D eigenvalue weighted by Gasteiger charge is 2.29. The maximum absolute atomic E-state index is 11.4. The van der Waals surface area contributed by atoms with Gasteiger partial charge in [0.1, 0.15) is 17.3 Å². The first-order chi connectivity index (χ1) is 7.99. The van der Waals surface area contributed by atoms with Crippen molar-refractivity contribution >= 4 is 5.78 Å². The van der Waals surface area contributed by atoms with Crippen molar-refractivity contribution in [1.82, 2.24) is 4.90 Å². The first-order valence-corrected chi connectivity index (χ1v) is 6.33. The van der Waals surface area contributed by atoms with Crippen molar-refractivity contribution in [2.45, 2.75) is 52.6 Å². The summed E-state index contributed by atoms with van der Waals surface area (Å²) >= 11 is 0. The third kappa shape index (κ3) is 2.44. The molecule has 1 aromatic heterocycles. The molecule has 17 heavy (non-hydrogen) atoms. The van der Waals surface area contributed by atoms with Crippen molar-refractivity contribution in [3.8, 4) is 0 Å². The van der Waals surface area contributed by atoms with E-state index in [1.54, 1.807) is 0 Å². The lowest BCUT2D eigenvalue weighted by molar-refractivity contribution is -0.123. The number of furan rings is 1. The smallest absolute Gasteiger partial charge is 0.135 e. The SMILES string of the molecule is Cc1cc(C(C)N2CCC(=O)CC2C)c(C)o1. The highest BCUT2D eigenvalue weighted by molar-refractivity contribution is 5.79. The molecule has 3 nitrogen and oxygen atoms in total. The molecule has 2 heterocycles. The van der Waals surface area contributed by atoms with Gasteiger partial charge in [-0.05, 0) is 33.8 Å². The Balaban J connectivity index is 2.17. The molecular weight excluding hydrogens is 214 g/mol. The van der Waals surface area contributed by atoms with E-state index in [1.165, 1.54) is 5.56 Å². The van der Waals surface area contributed by atoms with E-state index >= 15 is 0 Å². The van der Waals surface area contributed by atoms with Gasteiger partial charge in [0.25, 0.3) is 0 Å². The molecular formula is C14H21NO2. The first-order valence-electron chi connectivity index (χ1n) is 6.33. The number of rotatable bonds is 2. The van der Waals surface area contributed by atoms with Gasteiger partial charge < -0.3 is 4.42 Å². The highest BCUT2D eigenvalue weighted by Crippen LogP contribution is 2.30. The van der Waals surface area contributed by atoms with E-state index < -0.39 is 0 Å². The topological polar surface area (TPSA) is 33.5 Å². The molecule has 0 aromatic carbocycles. The molecule has 1 saturated heterocycles. The van der Waals surface area contributed by atoms with Crippen molar-refractivity contribution in [3.63, 3.8) is 0 Å². The number of Topliss-reactive ketones (excluding diaryl/α,β-unsaturated/α-hetero) is 1. The molecule has 1 aliphatic heterocycles. The van der Waals surface area contributed by atoms with Crippen molar-refractivity contribution in [3.05, 3.63) is 23.2 Å². The molecule has 0 bridgehead atoms. The number of piperidine rings is 1. The van der Waals surface area contributed by atoms with E-state index in [2.05, 4.69) is 24.8 Å². The van der Waals surface area contributed by atoms with E-state index in [0.29, 0.717) is 30.7 Å². The van der Waals surface area contributed by atoms with Gasteiger partial charge in [-0.2, -0.15) is 0 Å². The molecule has 2 unspecified atom stereocenters. The number of hydrogen-bond donors (Lipinski definition) is 0. The van der Waals surface area contributed by atoms with E-state index in [9.17, 15) is 4.79 Å². The summed E-state index contributed by atoms with van der Waals surface area (Å²) in [6, 6.07) is 2.78. The quantitative estimate of drug-likeness (QED) is 0.790. The van der Waals surface area contributed by atoms with Crippen molar-refractivity contribution in [2.24, 2.45) is 0 Å². The molecule has 94 valence electrons. The monoisotopic (exact) mass is 235 g/mol. The van der Waals surface area contributed by atoms with Gasteiger partial charge in [-0.15, -0.1) is 0 Å². The summed E-state index contributed by atoms with van der Waals surface area (Å²) in [6.07, 6.45) is 1.37. The third-order valence-electron chi connectivity index (χ3n) is 3.77. The van der Waals surface area contributed by atoms with Crippen LogP contribution in [0.1, 0.15) is 49.8 Å². The molecule has 0 radical (unpaired) electrons. The zero-order valence-electron chi connectivity index (χ0n) is 11.1. The molecule has 0 aliphatic carbocycles. The third-order valence-corrected chi connectivity index (χ3v) is 3.77. The summed E-state index contributed by atoms with van der Waals surface area (Å²) in [5, 5.41) is 0. The Morgan fingerprint density at radius 1 is 1.47 bits per heavy atom. The largest absolute Gasteiger partial charge is 0.466 e. The Labute approximate surface area is 103 Å². The van der Waals surface area contributed by atoms with Crippen molar-refractivity contribution < 1.29 is 9.21 Å². The lowest BCUT2D eigenvalue weighted by Crippen LogP contribution is -2.42. The number of nitrogens with zero attached hydrogens (tertiary/aromatic N) is 1. The Hall–Kier alpha value is -1.09. The first kappa shape index (κ1) is 12.4. The van der Waals surface area contributed by atoms with Gasteiger partial charge in [0.2, 0.25) is 0 Å². The van der Waals surface area contributed by atoms with Gasteiger partial charge in [0, 0.05) is 37.0 Å². The predicted octanol–water partition coefficient (Wildman–Crippen LogP) is 3.01. The summed E-state index contributed by atoms with van der Waals surface area (Å²) in [5.74, 6) is 2.35. The molecule has 0 amide bonds. The van der Waals surface area contributed by atoms with Gasteiger partial charge in [-0.1, -0.05) is 0 Å². The fraction of sp³-hybridized carbons (Fsp3) is 0.643. The second-order valence-electron chi connectivity index (χ2n) is 5.12. The van der Waals surface area contributed by atoms with Crippen LogP contribution in [0.4, 0.5) is 0 Å². The zero-order chi connectivity index (χ0) is 12.6. The fourth-order valence-corrected chi connectivity index (χ4v) is 2.84. The Bertz CT molecular complexity index is 422. The maximum Gasteiger partial charge on any atom is 0.135 e. The summed E-state index contributed by atoms with van der Waals surface area (Å²) in [4.78, 5) is 13.8. The van der Waals surface area contributed by atoms with Gasteiger partial charge in [-0.3, -0.25) is 9.69 Å². The van der Waals surface area contributed by atoms with Crippen LogP contribution < -0.4 is 0 Å². The molecule has 1 fully saturated rings. The van der Waals surface area contributed by atoms with Gasteiger partial charge >= 0.3 is 0 Å². The Morgan fingerprint density at radius 3 is 2.71 bits per heavy atom. The molecule has 0 saturated carbocycles. The van der Waals surface area contributed by atoms with Gasteiger partial charge in [0.15, 0.2) is 0 Å². The average Bonchev–Trinajstić information content (AvgIpc) is 2.57. The van der Waals surface area contributed by atoms with Crippen LogP contribution in [0.25, 0.3) is 0 Å². The summed E-state index contributed by atoms with van der Waals surface area (Å²) in [6.45, 7) is 9.19. The maximum atomic E-state index is 11.4. The van der Waals surface area contributed by atoms with Crippen LogP contribution in [0.3, 0.4) is 0 Å². The lowest BCUT2D eigenvalue weighted by atomic mass is 9.97. The molecule has 2 atom stereocenters. The van der Waals surface area contributed by atoms with Crippen molar-refractivity contribution in [2.75, 3.05) is 6.54 Å². The van der Waals surface area contributed by atoms with Crippen molar-refractivity contribution in [1.29, 1.82) is 0 Å². The number of carbonyl (C=O) groups excluding carboxylic acids is 1. The Kier molecular flexibility index (Phi) is 3.38. The summed E-state index contributed by atoms with van der Waals surface area (Å²) in [7, 11) is 0. The minimum absolute atomic E-state index is 0.329. The standard InChI is InChI=1S/C14H21NO2/c1-9-7-13(16)5-6-15(9)11(3)14-8-10(2)17-12(14)4/h8-9,11H,5-7H2,1-4H3. The summed E-state index contributed by atoms with van der Waals surface area (Å²) in [5.41, 5.74) is 1.25. The summed E-state index contributed by atoms with van der Waals surface area (Å²) < 4.78 is 5.59. The molecule has 2 rings (SSSR count). The minimum atomic E-state index is 0.329. The van der Waals surface area contributed by atoms with Crippen LogP contribution in [-0.4, -0.2) is 23.3 Å². The van der Waals surface area contributed by atoms with E-state index in [4.69, 9.17) is 4.42 Å². The van der Waals surface area contributed by atoms with Crippen LogP contribution >= 0.6 is 0 Å². The van der Waals surface area contributed by atoms with Crippen LogP contribution in [0.2, 0.25) is 0 Å². The molecule has 0 spiro atoms. The molecule has 3 heteroatoms. The molecule has 1 aliphatic rings. The number of likely N-dealkylation sites (tertiary alicyclic amines) is 1. The lowest BCUT2D eigenvalue weighted by Gasteiger charge is -2.37. The van der Waals surface area contributed by atoms with E-state index in [-0.39, 0.29) is 0 Å². The second kappa shape index (κ2) is 4.65. The average molecular weight is 235 g/mol. The van der Waals surface area contributed by atoms with Gasteiger partial charge in [-0.25, -0.2) is 0 Å². The second-order valence-corrected chi connectivity index (χ2v) is 5.12. The zero-order valence-corrected chi connectivity index (χ0v) is 11.1. The van der Waals surface area contributed by atoms with Crippen LogP contribution in [0.15, 0.2) is 10.5 Å². The Morgan fingerprint density at radius 2 is 2.18 bits per heavy atom. The predicted molar refractivity (Wildman–Crippen MR) is 67.0 cm³/mol.